The van der Waals surface area contributed by atoms with Gasteiger partial charge in [-0.05, 0) is 68.7 Å². The molecule has 1 aliphatic carbocycles. The minimum absolute atomic E-state index is 0.0104. The second-order valence-corrected chi connectivity index (χ2v) is 9.48. The van der Waals surface area contributed by atoms with Gasteiger partial charge in [0.25, 0.3) is 11.8 Å². The number of aryl methyl sites for hydroxylation is 1. The molecule has 7 heteroatoms. The van der Waals surface area contributed by atoms with Gasteiger partial charge in [-0.3, -0.25) is 9.59 Å². The van der Waals surface area contributed by atoms with E-state index in [1.54, 1.807) is 18.3 Å². The molecule has 0 unspecified atom stereocenters. The molecule has 0 bridgehead atoms. The summed E-state index contributed by atoms with van der Waals surface area (Å²) in [5, 5.41) is 6.82. The molecule has 2 aromatic rings. The highest BCUT2D eigenvalue weighted by Gasteiger charge is 2.16. The molecule has 0 saturated heterocycles. The Morgan fingerprint density at radius 3 is 2.47 bits per heavy atom. The van der Waals surface area contributed by atoms with Gasteiger partial charge in [-0.1, -0.05) is 37.0 Å². The summed E-state index contributed by atoms with van der Waals surface area (Å²) in [5.41, 5.74) is 4.59. The van der Waals surface area contributed by atoms with Gasteiger partial charge in [-0.25, -0.2) is 5.43 Å². The van der Waals surface area contributed by atoms with Crippen molar-refractivity contribution in [2.24, 2.45) is 5.10 Å². The van der Waals surface area contributed by atoms with E-state index in [4.69, 9.17) is 4.74 Å². The average Bonchev–Trinajstić information content (AvgIpc) is 2.80. The zero-order valence-electron chi connectivity index (χ0n) is 18.7. The van der Waals surface area contributed by atoms with Crippen molar-refractivity contribution in [1.29, 1.82) is 0 Å². The first-order valence-electron chi connectivity index (χ1n) is 11.1. The van der Waals surface area contributed by atoms with E-state index in [1.807, 2.05) is 50.2 Å². The smallest absolute Gasteiger partial charge is 0.258 e. The summed E-state index contributed by atoms with van der Waals surface area (Å²) in [7, 11) is 0. The maximum Gasteiger partial charge on any atom is 0.258 e. The Labute approximate surface area is 194 Å². The molecule has 2 aromatic carbocycles. The van der Waals surface area contributed by atoms with Gasteiger partial charge >= 0.3 is 0 Å². The first kappa shape index (κ1) is 23.9. The molecule has 1 fully saturated rings. The number of hydrazone groups is 1. The number of rotatable bonds is 9. The molecule has 6 nitrogen and oxygen atoms in total. The van der Waals surface area contributed by atoms with Crippen LogP contribution in [0.25, 0.3) is 0 Å². The molecular formula is C25H31N3O3S. The van der Waals surface area contributed by atoms with Crippen LogP contribution in [0.15, 0.2) is 58.5 Å². The predicted octanol–water partition coefficient (Wildman–Crippen LogP) is 4.45. The second kappa shape index (κ2) is 12.3. The number of amides is 2. The molecule has 32 heavy (non-hydrogen) atoms. The molecule has 0 radical (unpaired) electrons. The van der Waals surface area contributed by atoms with E-state index in [0.29, 0.717) is 5.75 Å². The van der Waals surface area contributed by atoms with Crippen molar-refractivity contribution in [3.63, 3.8) is 0 Å². The maximum absolute atomic E-state index is 12.2. The van der Waals surface area contributed by atoms with Crippen molar-refractivity contribution in [2.45, 2.75) is 62.1 Å². The Bertz CT molecular complexity index is 907. The van der Waals surface area contributed by atoms with Crippen LogP contribution < -0.4 is 15.5 Å². The molecule has 0 aliphatic heterocycles. The Balaban J connectivity index is 1.38. The van der Waals surface area contributed by atoms with Crippen LogP contribution in [-0.2, 0) is 9.59 Å². The lowest BCUT2D eigenvalue weighted by Gasteiger charge is -2.22. The predicted molar refractivity (Wildman–Crippen MR) is 129 cm³/mol. The van der Waals surface area contributed by atoms with E-state index in [2.05, 4.69) is 15.8 Å². The third-order valence-electron chi connectivity index (χ3n) is 5.31. The SMILES string of the molecule is Cc1ccc(S[C@H](C)C(=O)N/N=C\c2ccc(OCC(=O)NC3CCCCC3)cc2)cc1. The molecule has 0 spiro atoms. The van der Waals surface area contributed by atoms with Gasteiger partial charge in [-0.15, -0.1) is 11.8 Å². The molecular weight excluding hydrogens is 422 g/mol. The van der Waals surface area contributed by atoms with Crippen LogP contribution in [0.5, 0.6) is 5.75 Å². The Hall–Kier alpha value is -2.80. The molecule has 1 aliphatic rings. The number of ether oxygens (including phenoxy) is 1. The maximum atomic E-state index is 12.2. The van der Waals surface area contributed by atoms with Crippen molar-refractivity contribution in [2.75, 3.05) is 6.61 Å². The second-order valence-electron chi connectivity index (χ2n) is 8.07. The van der Waals surface area contributed by atoms with E-state index in [1.165, 1.54) is 36.6 Å². The number of thioether (sulfide) groups is 1. The quantitative estimate of drug-likeness (QED) is 0.334. The number of nitrogens with one attached hydrogen (secondary N) is 2. The Kier molecular flexibility index (Phi) is 9.16. The Morgan fingerprint density at radius 1 is 1.09 bits per heavy atom. The van der Waals surface area contributed by atoms with Crippen molar-refractivity contribution in [3.8, 4) is 5.75 Å². The third-order valence-corrected chi connectivity index (χ3v) is 6.42. The summed E-state index contributed by atoms with van der Waals surface area (Å²) >= 11 is 1.49. The molecule has 0 heterocycles. The van der Waals surface area contributed by atoms with Crippen molar-refractivity contribution in [3.05, 3.63) is 59.7 Å². The summed E-state index contributed by atoms with van der Waals surface area (Å²) in [5.74, 6) is 0.381. The van der Waals surface area contributed by atoms with Crippen LogP contribution in [0.4, 0.5) is 0 Å². The highest BCUT2D eigenvalue weighted by Crippen LogP contribution is 2.23. The molecule has 1 atom stereocenters. The van der Waals surface area contributed by atoms with E-state index in [-0.39, 0.29) is 29.7 Å². The van der Waals surface area contributed by atoms with Crippen LogP contribution in [0, 0.1) is 6.92 Å². The van der Waals surface area contributed by atoms with Gasteiger partial charge in [0.15, 0.2) is 6.61 Å². The number of benzene rings is 2. The summed E-state index contributed by atoms with van der Waals surface area (Å²) in [6, 6.07) is 15.6. The lowest BCUT2D eigenvalue weighted by atomic mass is 9.95. The van der Waals surface area contributed by atoms with E-state index in [9.17, 15) is 9.59 Å². The molecule has 3 rings (SSSR count). The average molecular weight is 454 g/mol. The highest BCUT2D eigenvalue weighted by molar-refractivity contribution is 8.00. The first-order valence-corrected chi connectivity index (χ1v) is 12.0. The number of hydrogen-bond donors (Lipinski definition) is 2. The fourth-order valence-electron chi connectivity index (χ4n) is 3.45. The molecule has 0 aromatic heterocycles. The first-order chi connectivity index (χ1) is 15.5. The fourth-order valence-corrected chi connectivity index (χ4v) is 4.31. The van der Waals surface area contributed by atoms with E-state index in [0.717, 1.165) is 23.3 Å². The van der Waals surface area contributed by atoms with Crippen LogP contribution in [0.1, 0.15) is 50.2 Å². The summed E-state index contributed by atoms with van der Waals surface area (Å²) in [4.78, 5) is 25.3. The fraction of sp³-hybridized carbons (Fsp3) is 0.400. The topological polar surface area (TPSA) is 79.8 Å². The normalized spacial score (nSPS) is 15.3. The third kappa shape index (κ3) is 8.04. The van der Waals surface area contributed by atoms with Crippen LogP contribution in [0.3, 0.4) is 0 Å². The lowest BCUT2D eigenvalue weighted by molar-refractivity contribution is -0.124. The van der Waals surface area contributed by atoms with Gasteiger partial charge in [0.1, 0.15) is 5.75 Å². The number of carbonyl (C=O) groups excluding carboxylic acids is 2. The van der Waals surface area contributed by atoms with E-state index >= 15 is 0 Å². The summed E-state index contributed by atoms with van der Waals surface area (Å²) in [6.07, 6.45) is 7.31. The standard InChI is InChI=1S/C25H31N3O3S/c1-18-8-14-23(15-9-18)32-19(2)25(30)28-26-16-20-10-12-22(13-11-20)31-17-24(29)27-21-6-4-3-5-7-21/h8-16,19,21H,3-7,17H2,1-2H3,(H,27,29)(H,28,30)/b26-16-/t19-/m1/s1. The van der Waals surface area contributed by atoms with Gasteiger partial charge < -0.3 is 10.1 Å². The minimum Gasteiger partial charge on any atom is -0.484 e. The molecule has 2 amide bonds. The molecule has 2 N–H and O–H groups in total. The number of hydrogen-bond acceptors (Lipinski definition) is 5. The lowest BCUT2D eigenvalue weighted by Crippen LogP contribution is -2.38. The Morgan fingerprint density at radius 2 is 1.78 bits per heavy atom. The van der Waals surface area contributed by atoms with Crippen molar-refractivity contribution >= 4 is 29.8 Å². The number of carbonyl (C=O) groups is 2. The monoisotopic (exact) mass is 453 g/mol. The molecule has 170 valence electrons. The van der Waals surface area contributed by atoms with Gasteiger partial charge in [0, 0.05) is 10.9 Å². The number of nitrogens with zero attached hydrogens (tertiary/aromatic N) is 1. The van der Waals surface area contributed by atoms with E-state index < -0.39 is 0 Å². The highest BCUT2D eigenvalue weighted by atomic mass is 32.2. The zero-order valence-corrected chi connectivity index (χ0v) is 19.5. The van der Waals surface area contributed by atoms with Crippen molar-refractivity contribution < 1.29 is 14.3 Å². The minimum atomic E-state index is -0.259. The van der Waals surface area contributed by atoms with Gasteiger partial charge in [0.05, 0.1) is 11.5 Å². The van der Waals surface area contributed by atoms with Crippen LogP contribution >= 0.6 is 11.8 Å². The summed E-state index contributed by atoms with van der Waals surface area (Å²) in [6.45, 7) is 3.90. The molecule has 1 saturated carbocycles. The summed E-state index contributed by atoms with van der Waals surface area (Å²) < 4.78 is 5.57. The van der Waals surface area contributed by atoms with Crippen LogP contribution in [0.2, 0.25) is 0 Å². The van der Waals surface area contributed by atoms with Crippen molar-refractivity contribution in [1.82, 2.24) is 10.7 Å². The van der Waals surface area contributed by atoms with Gasteiger partial charge in [-0.2, -0.15) is 5.10 Å². The zero-order chi connectivity index (χ0) is 22.8. The van der Waals surface area contributed by atoms with Gasteiger partial charge in [0.2, 0.25) is 0 Å². The van der Waals surface area contributed by atoms with Crippen LogP contribution in [-0.4, -0.2) is 35.9 Å². The largest absolute Gasteiger partial charge is 0.484 e.